The van der Waals surface area contributed by atoms with Gasteiger partial charge < -0.3 is 10.8 Å². The summed E-state index contributed by atoms with van der Waals surface area (Å²) in [5.41, 5.74) is 10.7. The molecule has 0 saturated heterocycles. The van der Waals surface area contributed by atoms with E-state index in [4.69, 9.17) is 5.73 Å². The molecule has 3 heteroatoms. The molecule has 0 aliphatic carbocycles. The summed E-state index contributed by atoms with van der Waals surface area (Å²) >= 11 is 0. The van der Waals surface area contributed by atoms with E-state index in [9.17, 15) is 5.11 Å². The molecular weight excluding hydrogens is 236 g/mol. The molecule has 3 nitrogen and oxygen atoms in total. The highest BCUT2D eigenvalue weighted by Gasteiger charge is 2.17. The molecule has 0 saturated carbocycles. The highest BCUT2D eigenvalue weighted by atomic mass is 16.3. The predicted molar refractivity (Wildman–Crippen MR) is 76.8 cm³/mol. The van der Waals surface area contributed by atoms with E-state index in [0.717, 1.165) is 37.3 Å². The fraction of sp³-hybridized carbons (Fsp3) is 0.250. The molecule has 98 valence electrons. The maximum atomic E-state index is 9.51. The van der Waals surface area contributed by atoms with Crippen LogP contribution in [0.4, 0.5) is 5.69 Å². The molecule has 3 rings (SSSR count). The number of anilines is 1. The zero-order valence-electron chi connectivity index (χ0n) is 10.8. The number of hydrogen-bond donors (Lipinski definition) is 2. The van der Waals surface area contributed by atoms with Gasteiger partial charge in [0, 0.05) is 25.3 Å². The average molecular weight is 254 g/mol. The van der Waals surface area contributed by atoms with Crippen LogP contribution in [-0.2, 0) is 19.5 Å². The van der Waals surface area contributed by atoms with Crippen molar-refractivity contribution in [3.8, 4) is 5.75 Å². The molecule has 0 bridgehead atoms. The summed E-state index contributed by atoms with van der Waals surface area (Å²) in [4.78, 5) is 2.37. The molecule has 0 aromatic heterocycles. The second-order valence-corrected chi connectivity index (χ2v) is 5.12. The van der Waals surface area contributed by atoms with Crippen molar-refractivity contribution in [2.45, 2.75) is 19.5 Å². The average Bonchev–Trinajstić information content (AvgIpc) is 2.40. The zero-order chi connectivity index (χ0) is 13.2. The molecule has 1 aliphatic heterocycles. The Balaban J connectivity index is 1.77. The minimum absolute atomic E-state index is 0.328. The topological polar surface area (TPSA) is 49.5 Å². The van der Waals surface area contributed by atoms with Crippen LogP contribution in [0.15, 0.2) is 42.5 Å². The van der Waals surface area contributed by atoms with Gasteiger partial charge in [-0.05, 0) is 41.3 Å². The van der Waals surface area contributed by atoms with E-state index < -0.39 is 0 Å². The van der Waals surface area contributed by atoms with Gasteiger partial charge in [-0.1, -0.05) is 24.3 Å². The van der Waals surface area contributed by atoms with Gasteiger partial charge in [0.15, 0.2) is 0 Å². The number of fused-ring (bicyclic) bond motifs is 1. The zero-order valence-corrected chi connectivity index (χ0v) is 10.8. The largest absolute Gasteiger partial charge is 0.508 e. The van der Waals surface area contributed by atoms with Gasteiger partial charge in [0.1, 0.15) is 5.75 Å². The first-order valence-electron chi connectivity index (χ1n) is 6.59. The number of phenolic OH excluding ortho intramolecular Hbond substituents is 1. The number of nitrogen functional groups attached to an aromatic ring is 1. The summed E-state index contributed by atoms with van der Waals surface area (Å²) in [6.07, 6.45) is 1.04. The van der Waals surface area contributed by atoms with Crippen LogP contribution in [0.3, 0.4) is 0 Å². The normalized spacial score (nSPS) is 15.2. The highest BCUT2D eigenvalue weighted by molar-refractivity contribution is 5.51. The van der Waals surface area contributed by atoms with Gasteiger partial charge in [-0.25, -0.2) is 0 Å². The van der Waals surface area contributed by atoms with Crippen LogP contribution in [0.1, 0.15) is 16.7 Å². The van der Waals surface area contributed by atoms with Crippen molar-refractivity contribution in [2.24, 2.45) is 0 Å². The van der Waals surface area contributed by atoms with Gasteiger partial charge in [0.05, 0.1) is 0 Å². The molecule has 0 radical (unpaired) electrons. The number of phenols is 1. The summed E-state index contributed by atoms with van der Waals surface area (Å²) in [7, 11) is 0. The first-order valence-corrected chi connectivity index (χ1v) is 6.59. The molecule has 0 fully saturated rings. The van der Waals surface area contributed by atoms with Gasteiger partial charge in [-0.3, -0.25) is 4.90 Å². The molecule has 0 unspecified atom stereocenters. The number of benzene rings is 2. The van der Waals surface area contributed by atoms with Crippen LogP contribution in [-0.4, -0.2) is 16.6 Å². The monoisotopic (exact) mass is 254 g/mol. The lowest BCUT2D eigenvalue weighted by Gasteiger charge is -2.29. The minimum Gasteiger partial charge on any atom is -0.508 e. The van der Waals surface area contributed by atoms with Gasteiger partial charge in [0.25, 0.3) is 0 Å². The summed E-state index contributed by atoms with van der Waals surface area (Å²) < 4.78 is 0. The molecule has 2 aromatic carbocycles. The summed E-state index contributed by atoms with van der Waals surface area (Å²) in [5, 5.41) is 9.51. The van der Waals surface area contributed by atoms with Crippen LogP contribution in [0, 0.1) is 0 Å². The Kier molecular flexibility index (Phi) is 3.13. The third-order valence-electron chi connectivity index (χ3n) is 3.71. The Labute approximate surface area is 113 Å². The van der Waals surface area contributed by atoms with Gasteiger partial charge in [-0.2, -0.15) is 0 Å². The third kappa shape index (κ3) is 2.56. The van der Waals surface area contributed by atoms with Crippen LogP contribution < -0.4 is 5.73 Å². The van der Waals surface area contributed by atoms with E-state index in [1.165, 1.54) is 11.1 Å². The number of rotatable bonds is 2. The van der Waals surface area contributed by atoms with Crippen molar-refractivity contribution in [3.63, 3.8) is 0 Å². The quantitative estimate of drug-likeness (QED) is 0.810. The van der Waals surface area contributed by atoms with Crippen molar-refractivity contribution >= 4 is 5.69 Å². The number of nitrogens with zero attached hydrogens (tertiary/aromatic N) is 1. The first-order chi connectivity index (χ1) is 9.22. The van der Waals surface area contributed by atoms with E-state index in [1.54, 1.807) is 6.07 Å². The van der Waals surface area contributed by atoms with Crippen LogP contribution in [0.25, 0.3) is 0 Å². The lowest BCUT2D eigenvalue weighted by atomic mass is 9.98. The number of nitrogens with two attached hydrogens (primary N) is 1. The molecule has 2 aromatic rings. The maximum Gasteiger partial charge on any atom is 0.115 e. The third-order valence-corrected chi connectivity index (χ3v) is 3.71. The van der Waals surface area contributed by atoms with E-state index >= 15 is 0 Å². The maximum absolute atomic E-state index is 9.51. The Morgan fingerprint density at radius 3 is 2.84 bits per heavy atom. The molecule has 19 heavy (non-hydrogen) atoms. The lowest BCUT2D eigenvalue weighted by Crippen LogP contribution is -2.30. The van der Waals surface area contributed by atoms with Gasteiger partial charge in [0.2, 0.25) is 0 Å². The van der Waals surface area contributed by atoms with Crippen molar-refractivity contribution in [3.05, 3.63) is 59.2 Å². The second-order valence-electron chi connectivity index (χ2n) is 5.12. The smallest absolute Gasteiger partial charge is 0.115 e. The van der Waals surface area contributed by atoms with Crippen LogP contribution in [0.2, 0.25) is 0 Å². The first kappa shape index (κ1) is 12.1. The van der Waals surface area contributed by atoms with Crippen molar-refractivity contribution in [1.29, 1.82) is 0 Å². The fourth-order valence-electron chi connectivity index (χ4n) is 2.71. The molecular formula is C16H18N2O. The van der Waals surface area contributed by atoms with Gasteiger partial charge in [-0.15, -0.1) is 0 Å². The fourth-order valence-corrected chi connectivity index (χ4v) is 2.71. The summed E-state index contributed by atoms with van der Waals surface area (Å²) in [6, 6.07) is 13.6. The molecule has 0 atom stereocenters. The Bertz CT molecular complexity index is 595. The standard InChI is InChI=1S/C16H18N2O/c17-16-6-2-4-13-7-8-18(11-15(13)16)10-12-3-1-5-14(19)9-12/h1-6,9,19H,7-8,10-11,17H2. The predicted octanol–water partition coefficient (Wildman–Crippen LogP) is 2.53. The second kappa shape index (κ2) is 4.94. The SMILES string of the molecule is Nc1cccc2c1CN(Cc1cccc(O)c1)CC2. The highest BCUT2D eigenvalue weighted by Crippen LogP contribution is 2.25. The minimum atomic E-state index is 0.328. The van der Waals surface area contributed by atoms with Crippen LogP contribution >= 0.6 is 0 Å². The molecule has 0 amide bonds. The molecule has 0 spiro atoms. The van der Waals surface area contributed by atoms with Crippen LogP contribution in [0.5, 0.6) is 5.75 Å². The molecule has 1 heterocycles. The summed E-state index contributed by atoms with van der Waals surface area (Å²) in [6.45, 7) is 2.77. The van der Waals surface area contributed by atoms with Crippen molar-refractivity contribution < 1.29 is 5.11 Å². The molecule has 1 aliphatic rings. The van der Waals surface area contributed by atoms with Gasteiger partial charge >= 0.3 is 0 Å². The summed E-state index contributed by atoms with van der Waals surface area (Å²) in [5.74, 6) is 0.328. The van der Waals surface area contributed by atoms with Crippen molar-refractivity contribution in [1.82, 2.24) is 4.90 Å². The Morgan fingerprint density at radius 1 is 1.16 bits per heavy atom. The lowest BCUT2D eigenvalue weighted by molar-refractivity contribution is 0.246. The van der Waals surface area contributed by atoms with E-state index in [2.05, 4.69) is 11.0 Å². The van der Waals surface area contributed by atoms with Crippen molar-refractivity contribution in [2.75, 3.05) is 12.3 Å². The number of hydrogen-bond acceptors (Lipinski definition) is 3. The Morgan fingerprint density at radius 2 is 2.00 bits per heavy atom. The number of aromatic hydroxyl groups is 1. The Hall–Kier alpha value is -2.00. The van der Waals surface area contributed by atoms with E-state index in [-0.39, 0.29) is 0 Å². The van der Waals surface area contributed by atoms with E-state index in [0.29, 0.717) is 5.75 Å². The van der Waals surface area contributed by atoms with E-state index in [1.807, 2.05) is 30.3 Å². The molecule has 3 N–H and O–H groups in total.